The lowest BCUT2D eigenvalue weighted by atomic mass is 10.1. The summed E-state index contributed by atoms with van der Waals surface area (Å²) in [5.41, 5.74) is 1.58. The predicted molar refractivity (Wildman–Crippen MR) is 117 cm³/mol. The summed E-state index contributed by atoms with van der Waals surface area (Å²) in [6, 6.07) is 15.9. The van der Waals surface area contributed by atoms with Gasteiger partial charge in [0, 0.05) is 30.7 Å². The van der Waals surface area contributed by atoms with E-state index in [1.807, 2.05) is 42.3 Å². The number of halogens is 3. The molecule has 174 valence electrons. The van der Waals surface area contributed by atoms with Crippen molar-refractivity contribution < 1.29 is 22.4 Å². The molecule has 0 radical (unpaired) electrons. The summed E-state index contributed by atoms with van der Waals surface area (Å²) >= 11 is 0. The van der Waals surface area contributed by atoms with Crippen molar-refractivity contribution in [2.45, 2.75) is 32.1 Å². The zero-order valence-corrected chi connectivity index (χ0v) is 18.5. The molecule has 0 bridgehead atoms. The average molecular weight is 459 g/mol. The van der Waals surface area contributed by atoms with Crippen LogP contribution in [0.4, 0.5) is 29.3 Å². The molecule has 33 heavy (non-hydrogen) atoms. The van der Waals surface area contributed by atoms with E-state index in [2.05, 4.69) is 28.9 Å². The lowest BCUT2D eigenvalue weighted by Crippen LogP contribution is -2.58. The first kappa shape index (κ1) is 22.8. The van der Waals surface area contributed by atoms with Gasteiger partial charge in [-0.25, -0.2) is 4.79 Å². The molecule has 0 aliphatic carbocycles. The molecule has 2 aromatic carbocycles. The van der Waals surface area contributed by atoms with Gasteiger partial charge in [0.15, 0.2) is 0 Å². The highest BCUT2D eigenvalue weighted by atomic mass is 19.4. The lowest BCUT2D eigenvalue weighted by Gasteiger charge is -2.43. The molecule has 7 nitrogen and oxygen atoms in total. The number of benzene rings is 2. The monoisotopic (exact) mass is 459 g/mol. The van der Waals surface area contributed by atoms with Gasteiger partial charge in [0.1, 0.15) is 0 Å². The van der Waals surface area contributed by atoms with Crippen LogP contribution in [0, 0.1) is 0 Å². The number of nitrogens with zero attached hydrogens (tertiary/aromatic N) is 5. The molecular formula is C23H24F3N5O2. The second-order valence-electron chi connectivity index (χ2n) is 8.18. The molecule has 10 heteroatoms. The van der Waals surface area contributed by atoms with Crippen LogP contribution in [0.3, 0.4) is 0 Å². The van der Waals surface area contributed by atoms with E-state index < -0.39 is 12.1 Å². The van der Waals surface area contributed by atoms with Crippen molar-refractivity contribution in [1.29, 1.82) is 0 Å². The van der Waals surface area contributed by atoms with Crippen LogP contribution >= 0.6 is 0 Å². The van der Waals surface area contributed by atoms with Crippen molar-refractivity contribution in [3.05, 3.63) is 60.5 Å². The van der Waals surface area contributed by atoms with Crippen LogP contribution in [0.5, 0.6) is 0 Å². The van der Waals surface area contributed by atoms with E-state index in [0.717, 1.165) is 0 Å². The summed E-state index contributed by atoms with van der Waals surface area (Å²) in [5, 5.41) is 6.55. The number of carbonyl (C=O) groups excluding carboxylic acids is 1. The molecule has 0 spiro atoms. The van der Waals surface area contributed by atoms with Crippen LogP contribution in [0.2, 0.25) is 0 Å². The Hall–Kier alpha value is -3.40. The maximum Gasteiger partial charge on any atom is 0.470 e. The Morgan fingerprint density at radius 1 is 0.970 bits per heavy atom. The molecule has 2 atom stereocenters. The first-order chi connectivity index (χ1) is 15.6. The first-order valence-electron chi connectivity index (χ1n) is 10.5. The number of aromatic nitrogens is 2. The third kappa shape index (κ3) is 4.70. The number of anilines is 2. The summed E-state index contributed by atoms with van der Waals surface area (Å²) in [7, 11) is 2.05. The number of amides is 2. The normalized spacial score (nSPS) is 19.5. The van der Waals surface area contributed by atoms with Gasteiger partial charge in [-0.2, -0.15) is 13.2 Å². The molecule has 2 amide bonds. The number of likely N-dealkylation sites (N-methyl/N-ethyl adjacent to an activating group) is 1. The lowest BCUT2D eigenvalue weighted by molar-refractivity contribution is -0.156. The minimum absolute atomic E-state index is 0.169. The smallest absolute Gasteiger partial charge is 0.413 e. The minimum atomic E-state index is -4.71. The summed E-state index contributed by atoms with van der Waals surface area (Å²) in [6.45, 7) is 5.33. The van der Waals surface area contributed by atoms with Crippen LogP contribution in [-0.4, -0.2) is 58.2 Å². The van der Waals surface area contributed by atoms with Gasteiger partial charge in [0.2, 0.25) is 5.89 Å². The molecule has 3 aromatic rings. The van der Waals surface area contributed by atoms with Crippen LogP contribution in [0.15, 0.2) is 59.0 Å². The van der Waals surface area contributed by atoms with E-state index in [0.29, 0.717) is 30.0 Å². The fourth-order valence-electron chi connectivity index (χ4n) is 3.86. The van der Waals surface area contributed by atoms with Crippen molar-refractivity contribution in [3.63, 3.8) is 0 Å². The van der Waals surface area contributed by atoms with E-state index in [9.17, 15) is 18.0 Å². The number of piperazine rings is 1. The SMILES string of the molecule is C[C@@H]1CN(C(=O)N(c2ccccc2)c2ccc(-c3nnc(C(F)(F)F)o3)cc2)C[C@H](C)N1C. The molecule has 1 aliphatic rings. The first-order valence-corrected chi connectivity index (χ1v) is 10.5. The fraction of sp³-hybridized carbons (Fsp3) is 0.348. The van der Waals surface area contributed by atoms with Crippen molar-refractivity contribution >= 4 is 17.4 Å². The number of hydrogen-bond donors (Lipinski definition) is 0. The molecule has 0 unspecified atom stereocenters. The molecule has 0 N–H and O–H groups in total. The molecule has 1 saturated heterocycles. The molecule has 1 fully saturated rings. The van der Waals surface area contributed by atoms with Crippen LogP contribution in [0.1, 0.15) is 19.7 Å². The van der Waals surface area contributed by atoms with Gasteiger partial charge >= 0.3 is 18.1 Å². The third-order valence-electron chi connectivity index (χ3n) is 5.88. The Morgan fingerprint density at radius 2 is 1.55 bits per heavy atom. The van der Waals surface area contributed by atoms with Crippen LogP contribution in [-0.2, 0) is 6.18 Å². The van der Waals surface area contributed by atoms with E-state index in [1.165, 1.54) is 0 Å². The second kappa shape index (κ2) is 8.86. The molecule has 2 heterocycles. The van der Waals surface area contributed by atoms with Gasteiger partial charge < -0.3 is 9.32 Å². The zero-order valence-electron chi connectivity index (χ0n) is 18.5. The fourth-order valence-corrected chi connectivity index (χ4v) is 3.86. The summed E-state index contributed by atoms with van der Waals surface area (Å²) in [6.07, 6.45) is -4.71. The number of carbonyl (C=O) groups is 1. The Labute approximate surface area is 189 Å². The molecule has 0 saturated carbocycles. The zero-order chi connectivity index (χ0) is 23.8. The van der Waals surface area contributed by atoms with Gasteiger partial charge in [-0.15, -0.1) is 10.2 Å². The summed E-state index contributed by atoms with van der Waals surface area (Å²) in [5.74, 6) is -1.64. The summed E-state index contributed by atoms with van der Waals surface area (Å²) < 4.78 is 43.1. The number of alkyl halides is 3. The number of rotatable bonds is 3. The van der Waals surface area contributed by atoms with E-state index >= 15 is 0 Å². The topological polar surface area (TPSA) is 65.7 Å². The quantitative estimate of drug-likeness (QED) is 0.549. The van der Waals surface area contributed by atoms with Gasteiger partial charge in [-0.05, 0) is 57.3 Å². The van der Waals surface area contributed by atoms with Crippen molar-refractivity contribution in [3.8, 4) is 11.5 Å². The minimum Gasteiger partial charge on any atom is -0.413 e. The average Bonchev–Trinajstić information content (AvgIpc) is 3.29. The number of para-hydroxylation sites is 1. The molecule has 1 aliphatic heterocycles. The maximum atomic E-state index is 13.6. The highest BCUT2D eigenvalue weighted by Gasteiger charge is 2.38. The predicted octanol–water partition coefficient (Wildman–Crippen LogP) is 5.04. The Kier molecular flexibility index (Phi) is 6.11. The van der Waals surface area contributed by atoms with Crippen molar-refractivity contribution in [2.24, 2.45) is 0 Å². The van der Waals surface area contributed by atoms with Gasteiger partial charge in [-0.1, -0.05) is 18.2 Å². The Balaban J connectivity index is 1.64. The third-order valence-corrected chi connectivity index (χ3v) is 5.88. The van der Waals surface area contributed by atoms with Gasteiger partial charge in [0.05, 0.1) is 11.4 Å². The molecular weight excluding hydrogens is 435 g/mol. The number of urea groups is 1. The van der Waals surface area contributed by atoms with Crippen LogP contribution in [0.25, 0.3) is 11.5 Å². The van der Waals surface area contributed by atoms with E-state index in [-0.39, 0.29) is 24.0 Å². The van der Waals surface area contributed by atoms with Crippen molar-refractivity contribution in [1.82, 2.24) is 20.0 Å². The molecule has 1 aromatic heterocycles. The van der Waals surface area contributed by atoms with Gasteiger partial charge in [0.25, 0.3) is 0 Å². The Morgan fingerprint density at radius 3 is 2.09 bits per heavy atom. The number of hydrogen-bond acceptors (Lipinski definition) is 5. The highest BCUT2D eigenvalue weighted by Crippen LogP contribution is 2.33. The summed E-state index contributed by atoms with van der Waals surface area (Å²) in [4.78, 5) is 19.3. The van der Waals surface area contributed by atoms with Crippen LogP contribution < -0.4 is 4.90 Å². The largest absolute Gasteiger partial charge is 0.470 e. The van der Waals surface area contributed by atoms with Crippen molar-refractivity contribution in [2.75, 3.05) is 25.0 Å². The van der Waals surface area contributed by atoms with E-state index in [1.54, 1.807) is 29.2 Å². The standard InChI is InChI=1S/C23H24F3N5O2/c1-15-13-30(14-16(2)29(15)3)22(32)31(18-7-5-4-6-8-18)19-11-9-17(10-12-19)20-27-28-21(33-20)23(24,25)26/h4-12,15-16H,13-14H2,1-3H3/t15-,16+. The Bertz CT molecular complexity index is 1090. The van der Waals surface area contributed by atoms with Gasteiger partial charge in [-0.3, -0.25) is 9.80 Å². The molecule has 4 rings (SSSR count). The second-order valence-corrected chi connectivity index (χ2v) is 8.18. The highest BCUT2D eigenvalue weighted by molar-refractivity contribution is 5.99. The van der Waals surface area contributed by atoms with E-state index in [4.69, 9.17) is 4.42 Å². The maximum absolute atomic E-state index is 13.6.